The van der Waals surface area contributed by atoms with E-state index in [1.54, 1.807) is 11.3 Å². The number of halogens is 1. The molecule has 0 saturated heterocycles. The van der Waals surface area contributed by atoms with Crippen LogP contribution >= 0.6 is 33.9 Å². The van der Waals surface area contributed by atoms with Crippen molar-refractivity contribution in [3.8, 4) is 0 Å². The lowest BCUT2D eigenvalue weighted by Gasteiger charge is -1.98. The first kappa shape index (κ1) is 8.31. The van der Waals surface area contributed by atoms with Crippen LogP contribution in [0.15, 0.2) is 17.5 Å². The molecule has 0 saturated carbocycles. The Morgan fingerprint density at radius 1 is 1.42 bits per heavy atom. The van der Waals surface area contributed by atoms with Crippen LogP contribution in [-0.4, -0.2) is 0 Å². The minimum absolute atomic E-state index is 0.902. The number of benzene rings is 1. The van der Waals surface area contributed by atoms with Gasteiger partial charge in [-0.05, 0) is 47.2 Å². The van der Waals surface area contributed by atoms with Gasteiger partial charge in [0.05, 0.1) is 5.69 Å². The molecule has 1 nitrogen and oxygen atoms in total. The molecule has 2 rings (SSSR count). The van der Waals surface area contributed by atoms with Gasteiger partial charge in [-0.15, -0.1) is 11.3 Å². The number of hydrogen-bond donors (Lipinski definition) is 1. The molecular weight excluding hydrogens is 281 g/mol. The van der Waals surface area contributed by atoms with Gasteiger partial charge in [-0.25, -0.2) is 0 Å². The highest BCUT2D eigenvalue weighted by atomic mass is 127. The number of nitrogen functional groups attached to an aromatic ring is 1. The summed E-state index contributed by atoms with van der Waals surface area (Å²) in [6.45, 7) is 2.11. The number of fused-ring (bicyclic) bond motifs is 1. The topological polar surface area (TPSA) is 26.0 Å². The van der Waals surface area contributed by atoms with Gasteiger partial charge in [-0.2, -0.15) is 0 Å². The maximum absolute atomic E-state index is 5.83. The van der Waals surface area contributed by atoms with Crippen molar-refractivity contribution in [1.29, 1.82) is 0 Å². The SMILES string of the molecule is Cc1cc(I)c2c(N)csc2c1. The number of hydrogen-bond acceptors (Lipinski definition) is 2. The first-order valence-electron chi connectivity index (χ1n) is 3.61. The minimum atomic E-state index is 0.902. The first-order valence-corrected chi connectivity index (χ1v) is 5.57. The molecule has 0 spiro atoms. The quantitative estimate of drug-likeness (QED) is 0.739. The summed E-state index contributed by atoms with van der Waals surface area (Å²) in [6, 6.07) is 4.34. The van der Waals surface area contributed by atoms with E-state index in [0.29, 0.717) is 0 Å². The normalized spacial score (nSPS) is 10.8. The van der Waals surface area contributed by atoms with E-state index in [0.717, 1.165) is 5.69 Å². The molecule has 0 fully saturated rings. The van der Waals surface area contributed by atoms with E-state index in [4.69, 9.17) is 5.73 Å². The molecule has 3 heteroatoms. The van der Waals surface area contributed by atoms with E-state index in [9.17, 15) is 0 Å². The van der Waals surface area contributed by atoms with E-state index in [1.807, 2.05) is 5.38 Å². The lowest BCUT2D eigenvalue weighted by atomic mass is 10.2. The zero-order valence-corrected chi connectivity index (χ0v) is 9.57. The first-order chi connectivity index (χ1) is 5.68. The second kappa shape index (κ2) is 2.88. The second-order valence-corrected chi connectivity index (χ2v) is 4.88. The van der Waals surface area contributed by atoms with Crippen molar-refractivity contribution in [1.82, 2.24) is 0 Å². The molecule has 1 aromatic heterocycles. The maximum atomic E-state index is 5.83. The number of aryl methyl sites for hydroxylation is 1. The van der Waals surface area contributed by atoms with Gasteiger partial charge in [0.15, 0.2) is 0 Å². The number of rotatable bonds is 0. The van der Waals surface area contributed by atoms with Crippen molar-refractivity contribution < 1.29 is 0 Å². The third-order valence-corrected chi connectivity index (χ3v) is 3.60. The summed E-state index contributed by atoms with van der Waals surface area (Å²) in [5, 5.41) is 3.22. The average molecular weight is 289 g/mol. The zero-order valence-electron chi connectivity index (χ0n) is 6.60. The van der Waals surface area contributed by atoms with Crippen LogP contribution in [0.1, 0.15) is 5.56 Å². The molecule has 0 unspecified atom stereocenters. The molecule has 0 radical (unpaired) electrons. The molecule has 1 heterocycles. The Morgan fingerprint density at radius 3 is 2.92 bits per heavy atom. The van der Waals surface area contributed by atoms with E-state index in [-0.39, 0.29) is 0 Å². The van der Waals surface area contributed by atoms with Crippen LogP contribution in [0.25, 0.3) is 10.1 Å². The van der Waals surface area contributed by atoms with Gasteiger partial charge in [0.2, 0.25) is 0 Å². The van der Waals surface area contributed by atoms with Crippen LogP contribution in [0.3, 0.4) is 0 Å². The van der Waals surface area contributed by atoms with Gasteiger partial charge >= 0.3 is 0 Å². The maximum Gasteiger partial charge on any atom is 0.0513 e. The summed E-state index contributed by atoms with van der Waals surface area (Å²) in [7, 11) is 0. The van der Waals surface area contributed by atoms with Gasteiger partial charge in [0.25, 0.3) is 0 Å². The van der Waals surface area contributed by atoms with Crippen molar-refractivity contribution in [2.24, 2.45) is 0 Å². The molecule has 0 aliphatic carbocycles. The zero-order chi connectivity index (χ0) is 8.72. The fraction of sp³-hybridized carbons (Fsp3) is 0.111. The van der Waals surface area contributed by atoms with Crippen LogP contribution < -0.4 is 5.73 Å². The van der Waals surface area contributed by atoms with Crippen molar-refractivity contribution in [2.75, 3.05) is 5.73 Å². The van der Waals surface area contributed by atoms with Crippen LogP contribution in [0.2, 0.25) is 0 Å². The number of anilines is 1. The molecule has 0 aliphatic heterocycles. The monoisotopic (exact) mass is 289 g/mol. The molecular formula is C9H8INS. The van der Waals surface area contributed by atoms with E-state index < -0.39 is 0 Å². The van der Waals surface area contributed by atoms with Crippen molar-refractivity contribution >= 4 is 49.7 Å². The van der Waals surface area contributed by atoms with E-state index >= 15 is 0 Å². The largest absolute Gasteiger partial charge is 0.398 e. The van der Waals surface area contributed by atoms with Gasteiger partial charge in [0, 0.05) is 19.0 Å². The molecule has 62 valence electrons. The Balaban J connectivity index is 2.93. The van der Waals surface area contributed by atoms with Gasteiger partial charge < -0.3 is 5.73 Å². The highest BCUT2D eigenvalue weighted by Gasteiger charge is 2.04. The van der Waals surface area contributed by atoms with Gasteiger partial charge in [0.1, 0.15) is 0 Å². The molecule has 0 aliphatic rings. The predicted molar refractivity (Wildman–Crippen MR) is 63.7 cm³/mol. The van der Waals surface area contributed by atoms with Crippen LogP contribution in [-0.2, 0) is 0 Å². The van der Waals surface area contributed by atoms with Crippen LogP contribution in [0.4, 0.5) is 5.69 Å². The smallest absolute Gasteiger partial charge is 0.0513 e. The summed E-state index contributed by atoms with van der Waals surface area (Å²) in [4.78, 5) is 0. The van der Waals surface area contributed by atoms with Gasteiger partial charge in [-0.1, -0.05) is 0 Å². The molecule has 2 N–H and O–H groups in total. The Hall–Kier alpha value is -0.290. The highest BCUT2D eigenvalue weighted by molar-refractivity contribution is 14.1. The Morgan fingerprint density at radius 2 is 2.17 bits per heavy atom. The summed E-state index contributed by atoms with van der Waals surface area (Å²) in [5.74, 6) is 0. The summed E-state index contributed by atoms with van der Waals surface area (Å²) in [5.41, 5.74) is 8.03. The third kappa shape index (κ3) is 1.21. The Bertz CT molecular complexity index is 433. The Labute approximate surface area is 88.7 Å². The molecule has 0 bridgehead atoms. The molecule has 12 heavy (non-hydrogen) atoms. The summed E-state index contributed by atoms with van der Waals surface area (Å²) in [6.07, 6.45) is 0. The third-order valence-electron chi connectivity index (χ3n) is 1.80. The van der Waals surface area contributed by atoms with Crippen molar-refractivity contribution in [3.63, 3.8) is 0 Å². The Kier molecular flexibility index (Phi) is 2.00. The number of nitrogens with two attached hydrogens (primary N) is 1. The lowest BCUT2D eigenvalue weighted by molar-refractivity contribution is 1.50. The summed E-state index contributed by atoms with van der Waals surface area (Å²) >= 11 is 4.05. The van der Waals surface area contributed by atoms with Crippen LogP contribution in [0.5, 0.6) is 0 Å². The highest BCUT2D eigenvalue weighted by Crippen LogP contribution is 2.32. The average Bonchev–Trinajstić information content (AvgIpc) is 2.31. The number of thiophene rings is 1. The molecule has 2 aromatic rings. The fourth-order valence-electron chi connectivity index (χ4n) is 1.27. The van der Waals surface area contributed by atoms with Crippen molar-refractivity contribution in [2.45, 2.75) is 6.92 Å². The van der Waals surface area contributed by atoms with E-state index in [1.165, 1.54) is 19.2 Å². The molecule has 0 atom stereocenters. The predicted octanol–water partition coefficient (Wildman–Crippen LogP) is 3.40. The van der Waals surface area contributed by atoms with Gasteiger partial charge in [-0.3, -0.25) is 0 Å². The van der Waals surface area contributed by atoms with Crippen molar-refractivity contribution in [3.05, 3.63) is 26.6 Å². The lowest BCUT2D eigenvalue weighted by Crippen LogP contribution is -1.83. The second-order valence-electron chi connectivity index (χ2n) is 2.81. The minimum Gasteiger partial charge on any atom is -0.398 e. The molecule has 1 aromatic carbocycles. The summed E-state index contributed by atoms with van der Waals surface area (Å²) < 4.78 is 2.54. The fourth-order valence-corrected chi connectivity index (χ4v) is 3.52. The standard InChI is InChI=1S/C9H8INS/c1-5-2-6(10)9-7(11)4-12-8(9)3-5/h2-4H,11H2,1H3. The van der Waals surface area contributed by atoms with E-state index in [2.05, 4.69) is 41.6 Å². The van der Waals surface area contributed by atoms with Crippen LogP contribution in [0, 0.1) is 10.5 Å². The molecule has 0 amide bonds.